The number of piperidine rings is 1. The van der Waals surface area contributed by atoms with Crippen molar-refractivity contribution in [1.82, 2.24) is 9.57 Å². The fraction of sp³-hybridized carbons (Fsp3) is 0.700. The molecule has 140 valence electrons. The summed E-state index contributed by atoms with van der Waals surface area (Å²) in [6.07, 6.45) is 2.57. The number of rotatable bonds is 5. The number of methoxy groups -OCH3 is 1. The highest BCUT2D eigenvalue weighted by atomic mass is 31.1. The fourth-order valence-electron chi connectivity index (χ4n) is 4.00. The van der Waals surface area contributed by atoms with E-state index >= 15 is 0 Å². The smallest absolute Gasteiger partial charge is 0.122 e. The van der Waals surface area contributed by atoms with Gasteiger partial charge in [-0.15, -0.1) is 0 Å². The lowest BCUT2D eigenvalue weighted by Gasteiger charge is -2.42. The molecule has 2 aliphatic rings. The van der Waals surface area contributed by atoms with Crippen molar-refractivity contribution in [3.63, 3.8) is 0 Å². The molecule has 2 fully saturated rings. The summed E-state index contributed by atoms with van der Waals surface area (Å²) in [4.78, 5) is 2.64. The molecule has 4 nitrogen and oxygen atoms in total. The van der Waals surface area contributed by atoms with Crippen molar-refractivity contribution < 1.29 is 9.47 Å². The molecule has 0 aromatic heterocycles. The second-order valence-corrected chi connectivity index (χ2v) is 9.57. The normalized spacial score (nSPS) is 22.3. The minimum absolute atomic E-state index is 0.274. The fourth-order valence-corrected chi connectivity index (χ4v) is 5.75. The molecule has 1 unspecified atom stereocenters. The van der Waals surface area contributed by atoms with Gasteiger partial charge in [0.05, 0.1) is 20.3 Å². The van der Waals surface area contributed by atoms with Crippen LogP contribution in [0.5, 0.6) is 5.75 Å². The van der Waals surface area contributed by atoms with E-state index in [0.29, 0.717) is 5.92 Å². The molecule has 0 radical (unpaired) electrons. The largest absolute Gasteiger partial charge is 0.496 e. The highest BCUT2D eigenvalue weighted by molar-refractivity contribution is 7.62. The van der Waals surface area contributed by atoms with Gasteiger partial charge in [0.1, 0.15) is 5.75 Å². The van der Waals surface area contributed by atoms with E-state index in [2.05, 4.69) is 48.3 Å². The number of benzene rings is 1. The van der Waals surface area contributed by atoms with Gasteiger partial charge in [-0.05, 0) is 50.4 Å². The van der Waals surface area contributed by atoms with Crippen LogP contribution in [0, 0.1) is 0 Å². The molecule has 0 amide bonds. The molecule has 0 spiro atoms. The van der Waals surface area contributed by atoms with E-state index in [0.717, 1.165) is 38.1 Å². The lowest BCUT2D eigenvalue weighted by Crippen LogP contribution is -2.48. The van der Waals surface area contributed by atoms with Gasteiger partial charge >= 0.3 is 0 Å². The summed E-state index contributed by atoms with van der Waals surface area (Å²) >= 11 is 0. The highest BCUT2D eigenvalue weighted by Crippen LogP contribution is 2.40. The van der Waals surface area contributed by atoms with Crippen molar-refractivity contribution in [2.45, 2.75) is 38.6 Å². The molecular weight excluding hydrogens is 331 g/mol. The molecule has 0 saturated carbocycles. The zero-order valence-corrected chi connectivity index (χ0v) is 17.1. The van der Waals surface area contributed by atoms with E-state index in [4.69, 9.17) is 9.47 Å². The van der Waals surface area contributed by atoms with Crippen molar-refractivity contribution in [2.75, 3.05) is 53.2 Å². The zero-order valence-electron chi connectivity index (χ0n) is 16.2. The summed E-state index contributed by atoms with van der Waals surface area (Å²) in [5.41, 5.74) is 1.31. The molecule has 0 aliphatic carbocycles. The number of hydrogen-bond acceptors (Lipinski definition) is 4. The molecule has 2 heterocycles. The van der Waals surface area contributed by atoms with Crippen LogP contribution in [-0.2, 0) is 4.74 Å². The number of hydrogen-bond donors (Lipinski definition) is 0. The van der Waals surface area contributed by atoms with Crippen LogP contribution in [0.25, 0.3) is 0 Å². The third-order valence-corrected chi connectivity index (χ3v) is 7.91. The number of nitrogens with zero attached hydrogens (tertiary/aromatic N) is 2. The average Bonchev–Trinajstić information content (AvgIpc) is 2.67. The second-order valence-electron chi connectivity index (χ2n) is 7.44. The van der Waals surface area contributed by atoms with Crippen LogP contribution in [0.3, 0.4) is 0 Å². The van der Waals surface area contributed by atoms with E-state index in [-0.39, 0.29) is 8.07 Å². The quantitative estimate of drug-likeness (QED) is 0.749. The second kappa shape index (κ2) is 8.81. The molecular formula is C20H33N2O2P. The van der Waals surface area contributed by atoms with Crippen LogP contribution in [0.2, 0.25) is 0 Å². The van der Waals surface area contributed by atoms with Crippen LogP contribution in [0.15, 0.2) is 18.2 Å². The zero-order chi connectivity index (χ0) is 17.8. The van der Waals surface area contributed by atoms with Gasteiger partial charge in [0, 0.05) is 32.2 Å². The maximum absolute atomic E-state index is 5.65. The third kappa shape index (κ3) is 4.54. The first-order chi connectivity index (χ1) is 12.1. The number of ether oxygens (including phenoxy) is 2. The third-order valence-electron chi connectivity index (χ3n) is 5.64. The maximum Gasteiger partial charge on any atom is 0.122 e. The van der Waals surface area contributed by atoms with Gasteiger partial charge in [-0.1, -0.05) is 26.0 Å². The maximum atomic E-state index is 5.65. The van der Waals surface area contributed by atoms with Gasteiger partial charge in [0.2, 0.25) is 0 Å². The molecule has 1 atom stereocenters. The Morgan fingerprint density at radius 2 is 1.80 bits per heavy atom. The monoisotopic (exact) mass is 364 g/mol. The summed E-state index contributed by atoms with van der Waals surface area (Å²) in [6.45, 7) is 13.3. The molecule has 2 saturated heterocycles. The summed E-state index contributed by atoms with van der Waals surface area (Å²) in [5.74, 6) is 1.54. The number of morpholine rings is 1. The summed E-state index contributed by atoms with van der Waals surface area (Å²) in [6, 6.07) is 7.60. The first kappa shape index (κ1) is 19.1. The lowest BCUT2D eigenvalue weighted by molar-refractivity contribution is 0.00634. The van der Waals surface area contributed by atoms with Gasteiger partial charge in [0.15, 0.2) is 0 Å². The van der Waals surface area contributed by atoms with Gasteiger partial charge in [-0.3, -0.25) is 9.57 Å². The van der Waals surface area contributed by atoms with Gasteiger partial charge in [0.25, 0.3) is 0 Å². The van der Waals surface area contributed by atoms with E-state index in [9.17, 15) is 0 Å². The Bertz CT molecular complexity index is 553. The molecule has 1 aromatic rings. The predicted octanol–water partition coefficient (Wildman–Crippen LogP) is 3.27. The van der Waals surface area contributed by atoms with Crippen molar-refractivity contribution in [2.24, 2.45) is 0 Å². The molecule has 25 heavy (non-hydrogen) atoms. The van der Waals surface area contributed by atoms with Crippen molar-refractivity contribution >= 4 is 13.4 Å². The van der Waals surface area contributed by atoms with E-state index < -0.39 is 0 Å². The van der Waals surface area contributed by atoms with E-state index in [1.54, 1.807) is 7.11 Å². The van der Waals surface area contributed by atoms with E-state index in [1.165, 1.54) is 36.8 Å². The van der Waals surface area contributed by atoms with Crippen LogP contribution in [0.4, 0.5) is 0 Å². The summed E-state index contributed by atoms with van der Waals surface area (Å²) < 4.78 is 13.8. The van der Waals surface area contributed by atoms with E-state index in [1.807, 2.05) is 0 Å². The predicted molar refractivity (Wildman–Crippen MR) is 107 cm³/mol. The first-order valence-electron chi connectivity index (χ1n) is 9.58. The van der Waals surface area contributed by atoms with Crippen LogP contribution < -0.4 is 10.0 Å². The summed E-state index contributed by atoms with van der Waals surface area (Å²) in [7, 11) is 1.51. The Labute approximate surface area is 154 Å². The van der Waals surface area contributed by atoms with Crippen LogP contribution >= 0.6 is 8.07 Å². The molecule has 3 rings (SSSR count). The van der Waals surface area contributed by atoms with Crippen molar-refractivity contribution in [3.05, 3.63) is 23.8 Å². The minimum atomic E-state index is -0.274. The summed E-state index contributed by atoms with van der Waals surface area (Å²) in [5, 5.41) is 1.43. The van der Waals surface area contributed by atoms with Gasteiger partial charge in [-0.2, -0.15) is 0 Å². The first-order valence-corrected chi connectivity index (χ1v) is 11.3. The van der Waals surface area contributed by atoms with Crippen molar-refractivity contribution in [1.29, 1.82) is 0 Å². The SMILES string of the molecule is COc1cc(P(C)N2CCC(N3CCOCC3)CC2)ccc1C(C)C. The lowest BCUT2D eigenvalue weighted by atomic mass is 10.0. The molecule has 2 aliphatic heterocycles. The minimum Gasteiger partial charge on any atom is -0.496 e. The molecule has 5 heteroatoms. The molecule has 0 N–H and O–H groups in total. The average molecular weight is 364 g/mol. The van der Waals surface area contributed by atoms with Crippen LogP contribution in [0.1, 0.15) is 38.2 Å². The highest BCUT2D eigenvalue weighted by Gasteiger charge is 2.28. The van der Waals surface area contributed by atoms with Crippen LogP contribution in [-0.4, -0.2) is 68.8 Å². The van der Waals surface area contributed by atoms with Gasteiger partial charge < -0.3 is 9.47 Å². The Balaban J connectivity index is 1.61. The Hall–Kier alpha value is -0.670. The Kier molecular flexibility index (Phi) is 6.73. The Morgan fingerprint density at radius 1 is 1.12 bits per heavy atom. The topological polar surface area (TPSA) is 24.9 Å². The molecule has 1 aromatic carbocycles. The van der Waals surface area contributed by atoms with Crippen molar-refractivity contribution in [3.8, 4) is 5.75 Å². The standard InChI is InChI=1S/C20H33N2O2P/c1-16(2)19-6-5-18(15-20(19)23-3)25(4)22-9-7-17(8-10-22)21-11-13-24-14-12-21/h5-6,15-17H,7-14H2,1-4H3. The Morgan fingerprint density at radius 3 is 2.40 bits per heavy atom. The van der Waals surface area contributed by atoms with Gasteiger partial charge in [-0.25, -0.2) is 0 Å². The molecule has 0 bridgehead atoms.